The monoisotopic (exact) mass is 562 g/mol. The average Bonchev–Trinajstić information content (AvgIpc) is 2.87. The fraction of sp³-hybridized carbons (Fsp3) is 0.360. The van der Waals surface area contributed by atoms with Crippen LogP contribution in [-0.2, 0) is 42.6 Å². The number of benzene rings is 1. The van der Waals surface area contributed by atoms with Crippen molar-refractivity contribution in [2.24, 2.45) is 0 Å². The zero-order valence-electron chi connectivity index (χ0n) is 19.8. The van der Waals surface area contributed by atoms with Crippen molar-refractivity contribution in [1.82, 2.24) is 4.57 Å². The number of rotatable bonds is 7. The topological polar surface area (TPSA) is 107 Å². The molecule has 2 aromatic rings. The molecule has 11 heteroatoms. The third kappa shape index (κ3) is 4.23. The number of esters is 1. The number of aromatic nitrogens is 1. The minimum atomic E-state index is -1.90. The summed E-state index contributed by atoms with van der Waals surface area (Å²) in [5.41, 5.74) is -0.559. The molecule has 2 aliphatic rings. The molecule has 1 atom stereocenters. The van der Waals surface area contributed by atoms with Crippen LogP contribution in [0.25, 0.3) is 5.57 Å². The summed E-state index contributed by atoms with van der Waals surface area (Å²) >= 11 is 3.45. The van der Waals surface area contributed by atoms with Gasteiger partial charge in [-0.3, -0.25) is 4.79 Å². The molecule has 0 radical (unpaired) electrons. The third-order valence-corrected chi connectivity index (χ3v) is 7.36. The predicted octanol–water partition coefficient (Wildman–Crippen LogP) is 2.60. The fourth-order valence-corrected chi connectivity index (χ4v) is 5.10. The number of carbonyl (C=O) groups excluding carboxylic acids is 2. The van der Waals surface area contributed by atoms with Crippen LogP contribution in [0.15, 0.2) is 45.4 Å². The molecule has 190 valence electrons. The van der Waals surface area contributed by atoms with Gasteiger partial charge in [0.15, 0.2) is 11.9 Å². The van der Waals surface area contributed by atoms with Gasteiger partial charge in [0.1, 0.15) is 18.4 Å². The molecule has 1 aromatic carbocycles. The van der Waals surface area contributed by atoms with E-state index in [-0.39, 0.29) is 42.8 Å². The van der Waals surface area contributed by atoms with Crippen molar-refractivity contribution in [2.45, 2.75) is 38.4 Å². The summed E-state index contributed by atoms with van der Waals surface area (Å²) in [5, 5.41) is 10.8. The Balaban J connectivity index is 1.85. The van der Waals surface area contributed by atoms with Crippen LogP contribution >= 0.6 is 15.9 Å². The van der Waals surface area contributed by atoms with Gasteiger partial charge in [0.05, 0.1) is 40.1 Å². The first-order chi connectivity index (χ1) is 17.2. The summed E-state index contributed by atoms with van der Waals surface area (Å²) < 4.78 is 31.6. The Hall–Kier alpha value is -3.08. The van der Waals surface area contributed by atoms with Gasteiger partial charge in [0, 0.05) is 31.5 Å². The van der Waals surface area contributed by atoms with E-state index >= 15 is 0 Å². The highest BCUT2D eigenvalue weighted by molar-refractivity contribution is 9.12. The largest absolute Gasteiger partial charge is 0.458 e. The molecule has 1 aromatic heterocycles. The summed E-state index contributed by atoms with van der Waals surface area (Å²) in [6, 6.07) is 5.56. The molecule has 9 nitrogen and oxygen atoms in total. The van der Waals surface area contributed by atoms with Crippen LogP contribution in [0.2, 0.25) is 0 Å². The van der Waals surface area contributed by atoms with E-state index in [0.29, 0.717) is 21.4 Å². The van der Waals surface area contributed by atoms with Crippen LogP contribution in [0.1, 0.15) is 30.0 Å². The lowest BCUT2D eigenvalue weighted by molar-refractivity contribution is -0.172. The molecule has 3 heterocycles. The molecule has 0 saturated carbocycles. The number of aliphatic hydroxyl groups is 1. The van der Waals surface area contributed by atoms with Gasteiger partial charge >= 0.3 is 5.97 Å². The Kier molecular flexibility index (Phi) is 7.31. The Labute approximate surface area is 214 Å². The molecule has 0 fully saturated rings. The quantitative estimate of drug-likeness (QED) is 0.312. The van der Waals surface area contributed by atoms with Gasteiger partial charge < -0.3 is 28.8 Å². The summed E-state index contributed by atoms with van der Waals surface area (Å²) in [7, 11) is 2.95. The number of cyclic esters (lactones) is 1. The van der Waals surface area contributed by atoms with Crippen molar-refractivity contribution in [3.05, 3.63) is 73.5 Å². The van der Waals surface area contributed by atoms with Crippen molar-refractivity contribution in [2.75, 3.05) is 25.7 Å². The molecule has 0 aliphatic carbocycles. The van der Waals surface area contributed by atoms with Gasteiger partial charge in [-0.05, 0) is 46.6 Å². The van der Waals surface area contributed by atoms with Crippen LogP contribution in [0, 0.1) is 5.82 Å². The van der Waals surface area contributed by atoms with E-state index in [2.05, 4.69) is 15.9 Å². The highest BCUT2D eigenvalue weighted by Crippen LogP contribution is 2.43. The van der Waals surface area contributed by atoms with Crippen LogP contribution in [-0.4, -0.2) is 48.6 Å². The van der Waals surface area contributed by atoms with Gasteiger partial charge in [-0.1, -0.05) is 6.92 Å². The number of carbonyl (C=O) groups is 1. The van der Waals surface area contributed by atoms with Gasteiger partial charge in [0.25, 0.3) is 5.56 Å². The van der Waals surface area contributed by atoms with E-state index in [9.17, 15) is 23.9 Å². The average molecular weight is 563 g/mol. The number of hydrogen-bond donors (Lipinski definition) is 1. The fourth-order valence-electron chi connectivity index (χ4n) is 4.46. The van der Waals surface area contributed by atoms with Gasteiger partial charge in [-0.2, -0.15) is 0 Å². The molecule has 1 N–H and O–H groups in total. The minimum absolute atomic E-state index is 0.0205. The Bertz CT molecular complexity index is 1360. The van der Waals surface area contributed by atoms with E-state index in [4.69, 9.17) is 14.2 Å². The molecule has 0 spiro atoms. The van der Waals surface area contributed by atoms with E-state index in [0.717, 1.165) is 0 Å². The standard InChI is InChI=1S/C25H24BrFN2O7/c1-4-25(33)18-7-8-28(23(31)17(18)13-36-24(25)32)10-20-22(26)16(12-30)15-9-14(27)5-6-19(15)29(20)11-21(34-2)35-3/h5-9,21,33H,4,10-11,13H2,1-3H3/t25-/m0/s1. The second-order valence-corrected chi connectivity index (χ2v) is 9.13. The van der Waals surface area contributed by atoms with Gasteiger partial charge in [0.2, 0.25) is 0 Å². The van der Waals surface area contributed by atoms with Crippen LogP contribution in [0.5, 0.6) is 0 Å². The zero-order chi connectivity index (χ0) is 26.2. The first kappa shape index (κ1) is 26.0. The van der Waals surface area contributed by atoms with Crippen molar-refractivity contribution in [3.8, 4) is 0 Å². The summed E-state index contributed by atoms with van der Waals surface area (Å²) in [6.07, 6.45) is 0.836. The lowest BCUT2D eigenvalue weighted by atomic mass is 9.87. The Morgan fingerprint density at radius 3 is 2.64 bits per heavy atom. The van der Waals surface area contributed by atoms with E-state index in [1.54, 1.807) is 11.8 Å². The Morgan fingerprint density at radius 2 is 2.00 bits per heavy atom. The number of ether oxygens (including phenoxy) is 3. The van der Waals surface area contributed by atoms with E-state index in [1.807, 2.05) is 5.94 Å². The molecular weight excluding hydrogens is 539 g/mol. The highest BCUT2D eigenvalue weighted by Gasteiger charge is 2.44. The van der Waals surface area contributed by atoms with E-state index in [1.165, 1.54) is 49.2 Å². The van der Waals surface area contributed by atoms with E-state index < -0.39 is 29.2 Å². The lowest BCUT2D eigenvalue weighted by Gasteiger charge is -2.36. The molecular formula is C25H24BrFN2O7. The predicted molar refractivity (Wildman–Crippen MR) is 131 cm³/mol. The third-order valence-electron chi connectivity index (χ3n) is 6.50. The molecule has 0 unspecified atom stereocenters. The number of methoxy groups -OCH3 is 2. The molecule has 0 saturated heterocycles. The maximum atomic E-state index is 14.1. The number of pyridine rings is 1. The van der Waals surface area contributed by atoms with Crippen LogP contribution in [0.3, 0.4) is 0 Å². The highest BCUT2D eigenvalue weighted by atomic mass is 79.9. The van der Waals surface area contributed by atoms with Crippen LogP contribution < -0.4 is 10.5 Å². The molecule has 2 aliphatic heterocycles. The number of allylic oxidation sites excluding steroid dienone is 3. The maximum absolute atomic E-state index is 14.1. The minimum Gasteiger partial charge on any atom is -0.458 e. The number of halogens is 2. The van der Waals surface area contributed by atoms with Crippen molar-refractivity contribution in [1.29, 1.82) is 0 Å². The second-order valence-electron chi connectivity index (χ2n) is 8.34. The van der Waals surface area contributed by atoms with Crippen LogP contribution in [0.4, 0.5) is 10.1 Å². The van der Waals surface area contributed by atoms with Crippen molar-refractivity contribution < 1.29 is 33.3 Å². The summed E-state index contributed by atoms with van der Waals surface area (Å²) in [6.45, 7) is 1.50. The lowest BCUT2D eigenvalue weighted by Crippen LogP contribution is -2.45. The SMILES string of the molecule is CC[C@@]1(O)C(=O)OCc2c1ccn(CC1=C(Br)C(=C=O)c3cc(F)ccc3N1CC(OC)OC)c2=O. The molecule has 0 bridgehead atoms. The van der Waals surface area contributed by atoms with Crippen molar-refractivity contribution in [3.63, 3.8) is 0 Å². The molecule has 36 heavy (non-hydrogen) atoms. The Morgan fingerprint density at radius 1 is 1.28 bits per heavy atom. The number of anilines is 1. The first-order valence-electron chi connectivity index (χ1n) is 11.1. The van der Waals surface area contributed by atoms with Crippen molar-refractivity contribution >= 4 is 39.1 Å². The zero-order valence-corrected chi connectivity index (χ0v) is 21.4. The first-order valence-corrected chi connectivity index (χ1v) is 11.9. The summed E-state index contributed by atoms with van der Waals surface area (Å²) in [5.74, 6) is 0.549. The number of hydrogen-bond acceptors (Lipinski definition) is 8. The smallest absolute Gasteiger partial charge is 0.343 e. The molecule has 4 rings (SSSR count). The van der Waals surface area contributed by atoms with Gasteiger partial charge in [-0.25, -0.2) is 14.0 Å². The normalized spacial score (nSPS) is 19.2. The maximum Gasteiger partial charge on any atom is 0.343 e. The summed E-state index contributed by atoms with van der Waals surface area (Å²) in [4.78, 5) is 39.3. The van der Waals surface area contributed by atoms with Gasteiger partial charge in [-0.15, -0.1) is 0 Å². The second kappa shape index (κ2) is 10.1. The molecule has 0 amide bonds. The number of nitrogens with zero attached hydrogens (tertiary/aromatic N) is 2. The number of fused-ring (bicyclic) bond motifs is 2.